The Labute approximate surface area is 103 Å². The maximum atomic E-state index is 5.89. The lowest BCUT2D eigenvalue weighted by atomic mass is 9.89. The summed E-state index contributed by atoms with van der Waals surface area (Å²) in [6.07, 6.45) is 6.64. The fourth-order valence-corrected chi connectivity index (χ4v) is 3.02. The summed E-state index contributed by atoms with van der Waals surface area (Å²) in [5.41, 5.74) is 1.17. The average molecular weight is 237 g/mol. The molecule has 1 unspecified atom stereocenters. The molecule has 0 bridgehead atoms. The fourth-order valence-electron chi connectivity index (χ4n) is 3.02. The molecule has 0 aromatic carbocycles. The smallest absolute Gasteiger partial charge is 0.0887 e. The quantitative estimate of drug-likeness (QED) is 0.851. The minimum atomic E-state index is -0.0518. The number of nitrogens with zero attached hydrogens (tertiary/aromatic N) is 2. The van der Waals surface area contributed by atoms with Gasteiger partial charge in [-0.1, -0.05) is 19.8 Å². The Hall–Kier alpha value is -0.870. The van der Waals surface area contributed by atoms with Crippen LogP contribution in [0, 0.1) is 0 Å². The van der Waals surface area contributed by atoms with Crippen LogP contribution in [0.1, 0.15) is 44.3 Å². The van der Waals surface area contributed by atoms with Crippen LogP contribution < -0.4 is 5.32 Å². The van der Waals surface area contributed by atoms with E-state index in [9.17, 15) is 0 Å². The summed E-state index contributed by atoms with van der Waals surface area (Å²) in [4.78, 5) is 0. The van der Waals surface area contributed by atoms with E-state index in [1.807, 2.05) is 25.0 Å². The van der Waals surface area contributed by atoms with E-state index in [1.54, 1.807) is 0 Å². The highest BCUT2D eigenvalue weighted by Crippen LogP contribution is 2.42. The molecule has 17 heavy (non-hydrogen) atoms. The second kappa shape index (κ2) is 5.19. The molecule has 1 aromatic rings. The maximum Gasteiger partial charge on any atom is 0.0887 e. The van der Waals surface area contributed by atoms with E-state index < -0.39 is 0 Å². The van der Waals surface area contributed by atoms with E-state index in [0.717, 1.165) is 19.4 Å². The van der Waals surface area contributed by atoms with Gasteiger partial charge in [0, 0.05) is 20.4 Å². The number of hydrogen-bond acceptors (Lipinski definition) is 3. The molecule has 0 aliphatic heterocycles. The molecule has 1 heterocycles. The van der Waals surface area contributed by atoms with Gasteiger partial charge >= 0.3 is 0 Å². The molecule has 4 nitrogen and oxygen atoms in total. The molecule has 4 heteroatoms. The van der Waals surface area contributed by atoms with Crippen molar-refractivity contribution in [1.82, 2.24) is 15.1 Å². The third-order valence-electron chi connectivity index (χ3n) is 3.95. The molecule has 1 aliphatic carbocycles. The van der Waals surface area contributed by atoms with Gasteiger partial charge in [0.2, 0.25) is 0 Å². The Morgan fingerprint density at radius 1 is 1.53 bits per heavy atom. The number of aryl methyl sites for hydroxylation is 1. The Balaban J connectivity index is 2.31. The van der Waals surface area contributed by atoms with Gasteiger partial charge < -0.3 is 10.1 Å². The number of rotatable bonds is 5. The first-order valence-electron chi connectivity index (χ1n) is 6.50. The van der Waals surface area contributed by atoms with Gasteiger partial charge in [-0.2, -0.15) is 5.10 Å². The van der Waals surface area contributed by atoms with Gasteiger partial charge in [-0.15, -0.1) is 0 Å². The summed E-state index contributed by atoms with van der Waals surface area (Å²) in [6.45, 7) is 3.09. The highest BCUT2D eigenvalue weighted by atomic mass is 16.5. The van der Waals surface area contributed by atoms with Gasteiger partial charge in [0.1, 0.15) is 0 Å². The van der Waals surface area contributed by atoms with Crippen molar-refractivity contribution in [3.63, 3.8) is 0 Å². The Morgan fingerprint density at radius 2 is 2.24 bits per heavy atom. The molecule has 0 amide bonds. The number of aromatic nitrogens is 2. The number of methoxy groups -OCH3 is 1. The Kier molecular flexibility index (Phi) is 3.84. The summed E-state index contributed by atoms with van der Waals surface area (Å²) in [6, 6.07) is 2.33. The van der Waals surface area contributed by atoms with Gasteiger partial charge in [-0.3, -0.25) is 4.68 Å². The van der Waals surface area contributed by atoms with Crippen LogP contribution >= 0.6 is 0 Å². The Bertz CT molecular complexity index is 355. The first kappa shape index (κ1) is 12.6. The lowest BCUT2D eigenvalue weighted by molar-refractivity contribution is -0.0384. The van der Waals surface area contributed by atoms with E-state index in [2.05, 4.69) is 23.4 Å². The molecule has 1 atom stereocenters. The van der Waals surface area contributed by atoms with Gasteiger partial charge in [0.05, 0.1) is 17.3 Å². The second-order valence-corrected chi connectivity index (χ2v) is 4.85. The van der Waals surface area contributed by atoms with Crippen LogP contribution in [0.5, 0.6) is 0 Å². The molecule has 0 saturated heterocycles. The molecule has 1 aromatic heterocycles. The van der Waals surface area contributed by atoms with Crippen LogP contribution in [-0.2, 0) is 11.8 Å². The molecular weight excluding hydrogens is 214 g/mol. The zero-order valence-electron chi connectivity index (χ0n) is 11.1. The average Bonchev–Trinajstić information content (AvgIpc) is 2.96. The van der Waals surface area contributed by atoms with E-state index in [1.165, 1.54) is 18.5 Å². The van der Waals surface area contributed by atoms with E-state index in [4.69, 9.17) is 4.74 Å². The highest BCUT2D eigenvalue weighted by Gasteiger charge is 2.43. The van der Waals surface area contributed by atoms with Gasteiger partial charge in [0.15, 0.2) is 0 Å². The molecule has 0 spiro atoms. The van der Waals surface area contributed by atoms with Crippen LogP contribution in [0.25, 0.3) is 0 Å². The largest absolute Gasteiger partial charge is 0.376 e. The first-order chi connectivity index (χ1) is 8.23. The summed E-state index contributed by atoms with van der Waals surface area (Å²) in [7, 11) is 3.84. The van der Waals surface area contributed by atoms with Crippen molar-refractivity contribution in [2.75, 3.05) is 13.7 Å². The molecule has 0 radical (unpaired) electrons. The Morgan fingerprint density at radius 3 is 2.71 bits per heavy atom. The van der Waals surface area contributed by atoms with Crippen molar-refractivity contribution in [3.05, 3.63) is 18.0 Å². The molecular formula is C13H23N3O. The van der Waals surface area contributed by atoms with E-state index >= 15 is 0 Å². The normalized spacial score (nSPS) is 20.6. The van der Waals surface area contributed by atoms with Crippen molar-refractivity contribution in [2.24, 2.45) is 7.05 Å². The predicted molar refractivity (Wildman–Crippen MR) is 67.8 cm³/mol. The molecule has 1 saturated carbocycles. The molecule has 96 valence electrons. The van der Waals surface area contributed by atoms with E-state index in [0.29, 0.717) is 0 Å². The van der Waals surface area contributed by atoms with Crippen molar-refractivity contribution in [1.29, 1.82) is 0 Å². The summed E-state index contributed by atoms with van der Waals surface area (Å²) in [5, 5.41) is 7.85. The van der Waals surface area contributed by atoms with Crippen LogP contribution in [0.2, 0.25) is 0 Å². The SMILES string of the molecule is CCNC(c1ccnn1C)C1(OC)CCCC1. The maximum absolute atomic E-state index is 5.89. The molecule has 1 aliphatic rings. The lowest BCUT2D eigenvalue weighted by Gasteiger charge is -2.36. The van der Waals surface area contributed by atoms with Gasteiger partial charge in [0.25, 0.3) is 0 Å². The standard InChI is InChI=1S/C13H23N3O/c1-4-14-12(11-7-10-15-16(11)2)13(17-3)8-5-6-9-13/h7,10,12,14H,4-6,8-9H2,1-3H3. The highest BCUT2D eigenvalue weighted by molar-refractivity contribution is 5.14. The third-order valence-corrected chi connectivity index (χ3v) is 3.95. The minimum Gasteiger partial charge on any atom is -0.376 e. The fraction of sp³-hybridized carbons (Fsp3) is 0.769. The molecule has 1 N–H and O–H groups in total. The number of hydrogen-bond donors (Lipinski definition) is 1. The van der Waals surface area contributed by atoms with E-state index in [-0.39, 0.29) is 11.6 Å². The zero-order chi connectivity index (χ0) is 12.3. The summed E-state index contributed by atoms with van der Waals surface area (Å²) >= 11 is 0. The van der Waals surface area contributed by atoms with Crippen LogP contribution in [0.15, 0.2) is 12.3 Å². The second-order valence-electron chi connectivity index (χ2n) is 4.85. The number of ether oxygens (including phenoxy) is 1. The van der Waals surface area contributed by atoms with Crippen LogP contribution in [0.3, 0.4) is 0 Å². The van der Waals surface area contributed by atoms with Crippen molar-refractivity contribution < 1.29 is 4.74 Å². The van der Waals surface area contributed by atoms with Crippen LogP contribution in [0.4, 0.5) is 0 Å². The topological polar surface area (TPSA) is 39.1 Å². The van der Waals surface area contributed by atoms with Gasteiger partial charge in [-0.05, 0) is 25.5 Å². The van der Waals surface area contributed by atoms with Crippen molar-refractivity contribution >= 4 is 0 Å². The summed E-state index contributed by atoms with van der Waals surface area (Å²) in [5.74, 6) is 0. The summed E-state index contributed by atoms with van der Waals surface area (Å²) < 4.78 is 7.84. The molecule has 1 fully saturated rings. The zero-order valence-corrected chi connectivity index (χ0v) is 11.1. The van der Waals surface area contributed by atoms with Crippen molar-refractivity contribution in [3.8, 4) is 0 Å². The lowest BCUT2D eigenvalue weighted by Crippen LogP contribution is -2.44. The molecule has 2 rings (SSSR count). The number of likely N-dealkylation sites (N-methyl/N-ethyl adjacent to an activating group) is 1. The van der Waals surface area contributed by atoms with Crippen LogP contribution in [-0.4, -0.2) is 29.0 Å². The van der Waals surface area contributed by atoms with Crippen molar-refractivity contribution in [2.45, 2.75) is 44.2 Å². The number of nitrogens with one attached hydrogen (secondary N) is 1. The predicted octanol–water partition coefficient (Wildman–Crippen LogP) is 2.03. The van der Waals surface area contributed by atoms with Gasteiger partial charge in [-0.25, -0.2) is 0 Å². The minimum absolute atomic E-state index is 0.0518. The third kappa shape index (κ3) is 2.24. The monoisotopic (exact) mass is 237 g/mol. The first-order valence-corrected chi connectivity index (χ1v) is 6.50.